The second-order valence-electron chi connectivity index (χ2n) is 8.29. The number of carbonyl (C=O) groups excluding carboxylic acids is 2. The smallest absolute Gasteiger partial charge is 0.334 e. The van der Waals surface area contributed by atoms with Crippen LogP contribution in [-0.4, -0.2) is 88.3 Å². The van der Waals surface area contributed by atoms with Crippen molar-refractivity contribution in [3.05, 3.63) is 35.9 Å². The molecule has 9 heteroatoms. The van der Waals surface area contributed by atoms with Crippen molar-refractivity contribution >= 4 is 17.9 Å². The number of piperazine rings is 1. The zero-order chi connectivity index (χ0) is 22.4. The summed E-state index contributed by atoms with van der Waals surface area (Å²) in [5.74, 6) is -0.939. The first kappa shape index (κ1) is 23.0. The maximum Gasteiger partial charge on any atom is 0.334 e. The Balaban J connectivity index is 1.78. The molecule has 0 saturated carbocycles. The van der Waals surface area contributed by atoms with Gasteiger partial charge in [0.15, 0.2) is 0 Å². The van der Waals surface area contributed by atoms with Crippen LogP contribution < -0.4 is 5.32 Å². The third-order valence-corrected chi connectivity index (χ3v) is 5.92. The largest absolute Gasteiger partial charge is 0.481 e. The molecule has 9 nitrogen and oxygen atoms in total. The molecule has 2 atom stereocenters. The second-order valence-corrected chi connectivity index (χ2v) is 8.29. The van der Waals surface area contributed by atoms with E-state index >= 15 is 0 Å². The van der Waals surface area contributed by atoms with E-state index in [0.717, 1.165) is 24.9 Å². The van der Waals surface area contributed by atoms with Gasteiger partial charge in [-0.3, -0.25) is 14.5 Å². The fraction of sp³-hybridized carbons (Fsp3) is 0.591. The van der Waals surface area contributed by atoms with Gasteiger partial charge in [0.2, 0.25) is 5.91 Å². The molecule has 31 heavy (non-hydrogen) atoms. The highest BCUT2D eigenvalue weighted by atomic mass is 16.4. The predicted octanol–water partition coefficient (Wildman–Crippen LogP) is 1.56. The standard InChI is InChI=1S/C22H33N5O4/c1-3-4-12-25-14-18(10-11-21(29)30)26-19(15-25)27(24(2)16-20(26)28)22(31)23-13-17-8-6-5-7-9-17/h5-9,18-19H,3-4,10-16H2,1-2H3,(H,23,31)(H,29,30)/t18-,19-/m0/s1. The first-order chi connectivity index (χ1) is 14.9. The van der Waals surface area contributed by atoms with Crippen LogP contribution in [0.3, 0.4) is 0 Å². The molecule has 3 amide bonds. The molecule has 0 radical (unpaired) electrons. The van der Waals surface area contributed by atoms with Gasteiger partial charge < -0.3 is 15.3 Å². The number of aliphatic carboxylic acids is 1. The maximum atomic E-state index is 13.2. The first-order valence-corrected chi connectivity index (χ1v) is 11.0. The highest BCUT2D eigenvalue weighted by Gasteiger charge is 2.46. The molecule has 2 saturated heterocycles. The number of unbranched alkanes of at least 4 members (excludes halogenated alkanes) is 1. The molecule has 0 aromatic heterocycles. The van der Waals surface area contributed by atoms with Gasteiger partial charge in [-0.15, -0.1) is 0 Å². The summed E-state index contributed by atoms with van der Waals surface area (Å²) in [6.45, 7) is 4.67. The lowest BCUT2D eigenvalue weighted by Gasteiger charge is -2.55. The number of fused-ring (bicyclic) bond motifs is 1. The molecule has 1 aromatic carbocycles. The van der Waals surface area contributed by atoms with Crippen molar-refractivity contribution < 1.29 is 19.5 Å². The van der Waals surface area contributed by atoms with Crippen molar-refractivity contribution in [2.24, 2.45) is 0 Å². The molecule has 0 unspecified atom stereocenters. The van der Waals surface area contributed by atoms with Crippen LogP contribution in [0.25, 0.3) is 0 Å². The lowest BCUT2D eigenvalue weighted by Crippen LogP contribution is -2.74. The van der Waals surface area contributed by atoms with Crippen LogP contribution in [0.4, 0.5) is 4.79 Å². The number of nitrogens with one attached hydrogen (secondary N) is 1. The third-order valence-electron chi connectivity index (χ3n) is 5.92. The fourth-order valence-corrected chi connectivity index (χ4v) is 4.40. The van der Waals surface area contributed by atoms with Crippen molar-refractivity contribution in [1.29, 1.82) is 0 Å². The molecule has 1 aromatic rings. The van der Waals surface area contributed by atoms with Crippen LogP contribution in [0, 0.1) is 0 Å². The number of carboxylic acids is 1. The van der Waals surface area contributed by atoms with Gasteiger partial charge in [0.1, 0.15) is 6.17 Å². The summed E-state index contributed by atoms with van der Waals surface area (Å²) in [5.41, 5.74) is 0.996. The monoisotopic (exact) mass is 431 g/mol. The highest BCUT2D eigenvalue weighted by Crippen LogP contribution is 2.27. The lowest BCUT2D eigenvalue weighted by molar-refractivity contribution is -0.180. The van der Waals surface area contributed by atoms with E-state index in [2.05, 4.69) is 17.1 Å². The van der Waals surface area contributed by atoms with Crippen molar-refractivity contribution in [3.8, 4) is 0 Å². The number of benzene rings is 1. The Labute approximate surface area is 183 Å². The van der Waals surface area contributed by atoms with Crippen LogP contribution in [-0.2, 0) is 16.1 Å². The summed E-state index contributed by atoms with van der Waals surface area (Å²) < 4.78 is 0. The van der Waals surface area contributed by atoms with Crippen LogP contribution in [0.15, 0.2) is 30.3 Å². The molecular formula is C22H33N5O4. The molecule has 3 rings (SSSR count). The van der Waals surface area contributed by atoms with Gasteiger partial charge in [-0.2, -0.15) is 0 Å². The minimum Gasteiger partial charge on any atom is -0.481 e. The SMILES string of the molecule is CCCCN1C[C@H](CCC(=O)O)N2C(=O)CN(C)N(C(=O)NCc3ccccc3)[C@H]2C1. The summed E-state index contributed by atoms with van der Waals surface area (Å²) in [6, 6.07) is 9.19. The first-order valence-electron chi connectivity index (χ1n) is 11.0. The summed E-state index contributed by atoms with van der Waals surface area (Å²) >= 11 is 0. The number of nitrogens with zero attached hydrogens (tertiary/aromatic N) is 4. The normalized spacial score (nSPS) is 22.3. The number of rotatable bonds is 8. The van der Waals surface area contributed by atoms with Gasteiger partial charge in [-0.1, -0.05) is 43.7 Å². The van der Waals surface area contributed by atoms with Crippen molar-refractivity contribution in [2.45, 2.75) is 51.4 Å². The summed E-state index contributed by atoms with van der Waals surface area (Å²) in [7, 11) is 1.74. The number of likely N-dealkylation sites (N-methyl/N-ethyl adjacent to an activating group) is 1. The van der Waals surface area contributed by atoms with Gasteiger partial charge in [0.25, 0.3) is 0 Å². The average Bonchev–Trinajstić information content (AvgIpc) is 2.75. The predicted molar refractivity (Wildman–Crippen MR) is 116 cm³/mol. The number of urea groups is 1. The summed E-state index contributed by atoms with van der Waals surface area (Å²) in [5, 5.41) is 15.4. The van der Waals surface area contributed by atoms with E-state index in [1.54, 1.807) is 22.0 Å². The zero-order valence-corrected chi connectivity index (χ0v) is 18.4. The topological polar surface area (TPSA) is 96.4 Å². The van der Waals surface area contributed by atoms with E-state index < -0.39 is 12.1 Å². The summed E-state index contributed by atoms with van der Waals surface area (Å²) in [6.07, 6.45) is 1.99. The van der Waals surface area contributed by atoms with E-state index in [1.165, 1.54) is 0 Å². The maximum absolute atomic E-state index is 13.2. The number of carboxylic acid groups (broad SMARTS) is 1. The summed E-state index contributed by atoms with van der Waals surface area (Å²) in [4.78, 5) is 41.3. The number of hydrogen-bond donors (Lipinski definition) is 2. The van der Waals surface area contributed by atoms with Gasteiger partial charge in [-0.05, 0) is 24.9 Å². The van der Waals surface area contributed by atoms with Gasteiger partial charge in [-0.25, -0.2) is 14.8 Å². The van der Waals surface area contributed by atoms with Crippen LogP contribution in [0.1, 0.15) is 38.2 Å². The minimum absolute atomic E-state index is 0.00116. The Hall–Kier alpha value is -2.65. The molecule has 0 spiro atoms. The Bertz CT molecular complexity index is 774. The van der Waals surface area contributed by atoms with Crippen molar-refractivity contribution in [1.82, 2.24) is 25.1 Å². The van der Waals surface area contributed by atoms with E-state index in [1.807, 2.05) is 30.3 Å². The van der Waals surface area contributed by atoms with E-state index in [4.69, 9.17) is 0 Å². The van der Waals surface area contributed by atoms with Gasteiger partial charge in [0, 0.05) is 39.1 Å². The van der Waals surface area contributed by atoms with Crippen molar-refractivity contribution in [2.75, 3.05) is 33.2 Å². The fourth-order valence-electron chi connectivity index (χ4n) is 4.40. The zero-order valence-electron chi connectivity index (χ0n) is 18.4. The quantitative estimate of drug-likeness (QED) is 0.649. The van der Waals surface area contributed by atoms with E-state index in [9.17, 15) is 19.5 Å². The Morgan fingerprint density at radius 2 is 1.94 bits per heavy atom. The molecule has 0 aliphatic carbocycles. The van der Waals surface area contributed by atoms with E-state index in [0.29, 0.717) is 26.1 Å². The van der Waals surface area contributed by atoms with Gasteiger partial charge in [0.05, 0.1) is 6.54 Å². The second kappa shape index (κ2) is 10.6. The van der Waals surface area contributed by atoms with Crippen LogP contribution >= 0.6 is 0 Å². The molecule has 2 N–H and O–H groups in total. The molecule has 2 fully saturated rings. The van der Waals surface area contributed by atoms with E-state index in [-0.39, 0.29) is 30.9 Å². The third kappa shape index (κ3) is 5.74. The average molecular weight is 432 g/mol. The number of hydrogen-bond acceptors (Lipinski definition) is 5. The van der Waals surface area contributed by atoms with Crippen LogP contribution in [0.5, 0.6) is 0 Å². The number of hydrazine groups is 1. The van der Waals surface area contributed by atoms with Crippen molar-refractivity contribution in [3.63, 3.8) is 0 Å². The van der Waals surface area contributed by atoms with Gasteiger partial charge >= 0.3 is 12.0 Å². The Kier molecular flexibility index (Phi) is 7.86. The molecule has 2 aliphatic heterocycles. The van der Waals surface area contributed by atoms with Crippen LogP contribution in [0.2, 0.25) is 0 Å². The molecule has 2 heterocycles. The Morgan fingerprint density at radius 1 is 1.19 bits per heavy atom. The highest BCUT2D eigenvalue weighted by molar-refractivity contribution is 5.83. The molecule has 2 aliphatic rings. The molecule has 170 valence electrons. The number of amides is 3. The minimum atomic E-state index is -0.874. The number of carbonyl (C=O) groups is 3. The molecular weight excluding hydrogens is 398 g/mol. The molecule has 0 bridgehead atoms. The lowest BCUT2D eigenvalue weighted by atomic mass is 10.0. The Morgan fingerprint density at radius 3 is 2.61 bits per heavy atom.